The van der Waals surface area contributed by atoms with E-state index in [0.29, 0.717) is 24.6 Å². The maximum Gasteiger partial charge on any atom is 0.252 e. The number of halogens is 1. The summed E-state index contributed by atoms with van der Waals surface area (Å²) in [7, 11) is 0. The van der Waals surface area contributed by atoms with Crippen molar-refractivity contribution >= 4 is 23.4 Å². The van der Waals surface area contributed by atoms with Crippen LogP contribution in [-0.4, -0.2) is 35.8 Å². The van der Waals surface area contributed by atoms with Gasteiger partial charge in [-0.2, -0.15) is 0 Å². The van der Waals surface area contributed by atoms with Gasteiger partial charge in [0.05, 0.1) is 0 Å². The number of carbonyl (C=O) groups is 2. The number of aryl methyl sites for hydroxylation is 1. The zero-order valence-electron chi connectivity index (χ0n) is 18.2. The number of nitrogens with zero attached hydrogens (tertiary/aromatic N) is 1. The summed E-state index contributed by atoms with van der Waals surface area (Å²) < 4.78 is 0. The Morgan fingerprint density at radius 1 is 1.03 bits per heavy atom. The smallest absolute Gasteiger partial charge is 0.252 e. The van der Waals surface area contributed by atoms with Gasteiger partial charge in [0.15, 0.2) is 0 Å². The fourth-order valence-corrected chi connectivity index (χ4v) is 4.22. The number of hydrogen-bond acceptors (Lipinski definition) is 2. The summed E-state index contributed by atoms with van der Waals surface area (Å²) >= 11 is 6.00. The first-order valence-electron chi connectivity index (χ1n) is 10.7. The van der Waals surface area contributed by atoms with Gasteiger partial charge in [-0.3, -0.25) is 9.59 Å². The normalized spacial score (nSPS) is 15.4. The standard InChI is InChI=1S/C25H31ClN2O2.CH4/c1-16(2)23(27-24(29)22-7-5-6-17(3)18(22)4)25(30)28-14-12-20(13-15-28)19-8-10-21(26)11-9-19;/h5-11,16,20,23H,12-15H2,1-4H3,(H,27,29);1H4/t23-;/m1./s1. The number of amides is 2. The first-order chi connectivity index (χ1) is 14.3. The van der Waals surface area contributed by atoms with Crippen LogP contribution in [0.5, 0.6) is 0 Å². The van der Waals surface area contributed by atoms with E-state index >= 15 is 0 Å². The summed E-state index contributed by atoms with van der Waals surface area (Å²) in [6.07, 6.45) is 1.84. The van der Waals surface area contributed by atoms with E-state index in [4.69, 9.17) is 11.6 Å². The summed E-state index contributed by atoms with van der Waals surface area (Å²) in [5.74, 6) is 0.284. The SMILES string of the molecule is C.Cc1cccc(C(=O)N[C@@H](C(=O)N2CCC(c3ccc(Cl)cc3)CC2)C(C)C)c1C. The van der Waals surface area contributed by atoms with Crippen molar-refractivity contribution in [3.8, 4) is 0 Å². The minimum atomic E-state index is -0.524. The van der Waals surface area contributed by atoms with E-state index in [9.17, 15) is 9.59 Å². The molecule has 1 aliphatic heterocycles. The summed E-state index contributed by atoms with van der Waals surface area (Å²) in [6.45, 7) is 9.29. The van der Waals surface area contributed by atoms with Crippen LogP contribution in [-0.2, 0) is 4.79 Å². The van der Waals surface area contributed by atoms with Crippen LogP contribution in [0.25, 0.3) is 0 Å². The van der Waals surface area contributed by atoms with Crippen LogP contribution in [0.4, 0.5) is 0 Å². The number of likely N-dealkylation sites (tertiary alicyclic amines) is 1. The van der Waals surface area contributed by atoms with Gasteiger partial charge in [0.2, 0.25) is 5.91 Å². The first-order valence-corrected chi connectivity index (χ1v) is 11.1. The molecule has 0 aliphatic carbocycles. The third kappa shape index (κ3) is 5.88. The van der Waals surface area contributed by atoms with Crippen LogP contribution in [0.15, 0.2) is 42.5 Å². The lowest BCUT2D eigenvalue weighted by Gasteiger charge is -2.35. The Balaban J connectivity index is 0.00000341. The molecule has 0 radical (unpaired) electrons. The first kappa shape index (κ1) is 24.9. The van der Waals surface area contributed by atoms with Gasteiger partial charge in [-0.1, -0.05) is 57.1 Å². The Labute approximate surface area is 192 Å². The number of hydrogen-bond donors (Lipinski definition) is 1. The number of nitrogens with one attached hydrogen (secondary N) is 1. The molecule has 0 unspecified atom stereocenters. The zero-order valence-corrected chi connectivity index (χ0v) is 19.0. The highest BCUT2D eigenvalue weighted by Gasteiger charge is 2.32. The van der Waals surface area contributed by atoms with E-state index in [1.54, 1.807) is 0 Å². The van der Waals surface area contributed by atoms with Gasteiger partial charge in [0.25, 0.3) is 5.91 Å². The van der Waals surface area contributed by atoms with Gasteiger partial charge in [-0.15, -0.1) is 0 Å². The third-order valence-corrected chi connectivity index (χ3v) is 6.47. The fourth-order valence-electron chi connectivity index (χ4n) is 4.09. The molecule has 4 nitrogen and oxygen atoms in total. The number of benzene rings is 2. The van der Waals surface area contributed by atoms with E-state index < -0.39 is 6.04 Å². The van der Waals surface area contributed by atoms with E-state index in [-0.39, 0.29) is 25.2 Å². The second kappa shape index (κ2) is 10.8. The largest absolute Gasteiger partial charge is 0.341 e. The van der Waals surface area contributed by atoms with Crippen LogP contribution in [0, 0.1) is 19.8 Å². The Bertz CT molecular complexity index is 900. The molecule has 0 spiro atoms. The van der Waals surface area contributed by atoms with Crippen LogP contribution in [0.3, 0.4) is 0 Å². The van der Waals surface area contributed by atoms with Crippen molar-refractivity contribution in [1.82, 2.24) is 10.2 Å². The van der Waals surface area contributed by atoms with Crippen molar-refractivity contribution in [3.05, 3.63) is 69.7 Å². The van der Waals surface area contributed by atoms with Crippen LogP contribution in [0.2, 0.25) is 5.02 Å². The van der Waals surface area contributed by atoms with Crippen LogP contribution in [0.1, 0.15) is 67.1 Å². The lowest BCUT2D eigenvalue weighted by molar-refractivity contribution is -0.135. The summed E-state index contributed by atoms with van der Waals surface area (Å²) in [4.78, 5) is 28.0. The highest BCUT2D eigenvalue weighted by atomic mass is 35.5. The van der Waals surface area contributed by atoms with E-state index in [1.165, 1.54) is 5.56 Å². The average Bonchev–Trinajstić information content (AvgIpc) is 2.74. The van der Waals surface area contributed by atoms with Crippen molar-refractivity contribution in [2.75, 3.05) is 13.1 Å². The molecule has 1 heterocycles. The molecule has 31 heavy (non-hydrogen) atoms. The highest BCUT2D eigenvalue weighted by molar-refractivity contribution is 6.30. The van der Waals surface area contributed by atoms with Gasteiger partial charge in [0.1, 0.15) is 6.04 Å². The minimum absolute atomic E-state index is 0. The molecular formula is C26H35ClN2O2. The molecule has 5 heteroatoms. The van der Waals surface area contributed by atoms with Gasteiger partial charge in [-0.25, -0.2) is 0 Å². The molecule has 2 amide bonds. The minimum Gasteiger partial charge on any atom is -0.341 e. The van der Waals surface area contributed by atoms with Crippen LogP contribution < -0.4 is 5.32 Å². The molecule has 1 atom stereocenters. The fraction of sp³-hybridized carbons (Fsp3) is 0.462. The third-order valence-electron chi connectivity index (χ3n) is 6.22. The molecule has 2 aromatic rings. The van der Waals surface area contributed by atoms with E-state index in [2.05, 4.69) is 17.4 Å². The molecule has 2 aromatic carbocycles. The molecule has 1 fully saturated rings. The molecule has 1 N–H and O–H groups in total. The van der Waals surface area contributed by atoms with Crippen molar-refractivity contribution in [1.29, 1.82) is 0 Å². The van der Waals surface area contributed by atoms with Gasteiger partial charge in [-0.05, 0) is 73.4 Å². The van der Waals surface area contributed by atoms with Gasteiger partial charge >= 0.3 is 0 Å². The zero-order chi connectivity index (χ0) is 21.8. The molecule has 0 bridgehead atoms. The number of piperidine rings is 1. The Morgan fingerprint density at radius 2 is 1.65 bits per heavy atom. The Kier molecular flexibility index (Phi) is 8.69. The second-order valence-corrected chi connectivity index (χ2v) is 9.03. The number of rotatable bonds is 5. The Hall–Kier alpha value is -2.33. The predicted molar refractivity (Wildman–Crippen MR) is 129 cm³/mol. The molecule has 0 aromatic heterocycles. The number of carbonyl (C=O) groups excluding carboxylic acids is 2. The maximum atomic E-state index is 13.2. The van der Waals surface area contributed by atoms with Gasteiger partial charge < -0.3 is 10.2 Å². The molecule has 3 rings (SSSR count). The molecule has 0 saturated carbocycles. The lowest BCUT2D eigenvalue weighted by Crippen LogP contribution is -2.53. The summed E-state index contributed by atoms with van der Waals surface area (Å²) in [5.41, 5.74) is 3.93. The van der Waals surface area contributed by atoms with E-state index in [1.807, 2.05) is 62.9 Å². The molecule has 1 saturated heterocycles. The molecular weight excluding hydrogens is 408 g/mol. The van der Waals surface area contributed by atoms with Gasteiger partial charge in [0, 0.05) is 23.7 Å². The predicted octanol–water partition coefficient (Wildman–Crippen LogP) is 5.75. The quantitative estimate of drug-likeness (QED) is 0.640. The maximum absolute atomic E-state index is 13.2. The molecule has 1 aliphatic rings. The molecule has 168 valence electrons. The van der Waals surface area contributed by atoms with Crippen LogP contribution >= 0.6 is 11.6 Å². The average molecular weight is 443 g/mol. The van der Waals surface area contributed by atoms with E-state index in [0.717, 1.165) is 29.0 Å². The van der Waals surface area contributed by atoms with Crippen molar-refractivity contribution in [2.24, 2.45) is 5.92 Å². The van der Waals surface area contributed by atoms with Crippen molar-refractivity contribution in [2.45, 2.75) is 59.9 Å². The Morgan fingerprint density at radius 3 is 2.23 bits per heavy atom. The summed E-state index contributed by atoms with van der Waals surface area (Å²) in [6, 6.07) is 13.2. The summed E-state index contributed by atoms with van der Waals surface area (Å²) in [5, 5.41) is 3.74. The topological polar surface area (TPSA) is 49.4 Å². The second-order valence-electron chi connectivity index (χ2n) is 8.59. The highest BCUT2D eigenvalue weighted by Crippen LogP contribution is 2.29. The lowest BCUT2D eigenvalue weighted by atomic mass is 9.89. The van der Waals surface area contributed by atoms with Crippen molar-refractivity contribution in [3.63, 3.8) is 0 Å². The monoisotopic (exact) mass is 442 g/mol. The van der Waals surface area contributed by atoms with Crippen molar-refractivity contribution < 1.29 is 9.59 Å².